The third-order valence-electron chi connectivity index (χ3n) is 6.47. The molecule has 0 atom stereocenters. The summed E-state index contributed by atoms with van der Waals surface area (Å²) in [5.41, 5.74) is 7.31. The van der Waals surface area contributed by atoms with E-state index in [0.29, 0.717) is 11.6 Å². The van der Waals surface area contributed by atoms with Gasteiger partial charge in [-0.3, -0.25) is 4.79 Å². The number of nitrogens with one attached hydrogen (secondary N) is 2. The first kappa shape index (κ1) is 21.1. The van der Waals surface area contributed by atoms with Crippen molar-refractivity contribution in [3.8, 4) is 11.3 Å². The summed E-state index contributed by atoms with van der Waals surface area (Å²) in [4.78, 5) is 28.8. The molecular weight excluding hydrogens is 422 g/mol. The lowest BCUT2D eigenvalue weighted by molar-refractivity contribution is 0.0949. The Bertz CT molecular complexity index is 1290. The van der Waals surface area contributed by atoms with Crippen molar-refractivity contribution < 1.29 is 4.79 Å². The van der Waals surface area contributed by atoms with Crippen LogP contribution in [0.4, 0.5) is 0 Å². The van der Waals surface area contributed by atoms with Crippen LogP contribution in [0.3, 0.4) is 0 Å². The van der Waals surface area contributed by atoms with E-state index in [-0.39, 0.29) is 11.8 Å². The average Bonchev–Trinajstić information content (AvgIpc) is 3.53. The Balaban J connectivity index is 1.47. The van der Waals surface area contributed by atoms with Gasteiger partial charge in [-0.2, -0.15) is 5.10 Å². The van der Waals surface area contributed by atoms with Crippen molar-refractivity contribution in [2.75, 3.05) is 26.2 Å². The third kappa shape index (κ3) is 3.59. The molecule has 0 unspecified atom stereocenters. The number of amides is 1. The normalized spacial score (nSPS) is 14.9. The zero-order chi connectivity index (χ0) is 22.4. The molecule has 1 aliphatic heterocycles. The second kappa shape index (κ2) is 8.29. The molecule has 1 saturated heterocycles. The predicted molar refractivity (Wildman–Crippen MR) is 128 cm³/mol. The maximum atomic E-state index is 12.7. The first-order valence-electron chi connectivity index (χ1n) is 11.3. The van der Waals surface area contributed by atoms with Gasteiger partial charge in [0.2, 0.25) is 0 Å². The van der Waals surface area contributed by atoms with Crippen LogP contribution >= 0.6 is 11.3 Å². The molecule has 0 radical (unpaired) electrons. The zero-order valence-electron chi connectivity index (χ0n) is 19.0. The maximum absolute atomic E-state index is 12.7. The number of hydrogen-bond acceptors (Lipinski definition) is 6. The van der Waals surface area contributed by atoms with E-state index in [1.807, 2.05) is 10.7 Å². The number of aryl methyl sites for hydroxylation is 1. The molecule has 8 nitrogen and oxygen atoms in total. The maximum Gasteiger partial charge on any atom is 0.280 e. The molecule has 1 amide bonds. The highest BCUT2D eigenvalue weighted by molar-refractivity contribution is 7.20. The minimum atomic E-state index is -0.0916. The van der Waals surface area contributed by atoms with Crippen molar-refractivity contribution in [2.45, 2.75) is 46.5 Å². The molecule has 4 aromatic heterocycles. The molecule has 1 aliphatic rings. The van der Waals surface area contributed by atoms with Gasteiger partial charge < -0.3 is 15.2 Å². The average molecular weight is 452 g/mol. The Kier molecular flexibility index (Phi) is 5.46. The van der Waals surface area contributed by atoms with E-state index in [4.69, 9.17) is 4.98 Å². The number of aromatic amines is 1. The second-order valence-electron chi connectivity index (χ2n) is 8.89. The molecule has 9 heteroatoms. The number of aromatic nitrogens is 5. The Labute approximate surface area is 191 Å². The predicted octanol–water partition coefficient (Wildman–Crippen LogP) is 3.90. The third-order valence-corrected chi connectivity index (χ3v) is 7.44. The van der Waals surface area contributed by atoms with Crippen LogP contribution in [0.2, 0.25) is 0 Å². The summed E-state index contributed by atoms with van der Waals surface area (Å²) in [5.74, 6) is 0.157. The van der Waals surface area contributed by atoms with Crippen molar-refractivity contribution in [3.63, 3.8) is 0 Å². The van der Waals surface area contributed by atoms with Crippen molar-refractivity contribution in [3.05, 3.63) is 34.2 Å². The van der Waals surface area contributed by atoms with Crippen LogP contribution in [0.15, 0.2) is 12.5 Å². The summed E-state index contributed by atoms with van der Waals surface area (Å²) in [7, 11) is 0. The number of pyridine rings is 1. The highest BCUT2D eigenvalue weighted by Gasteiger charge is 2.24. The lowest BCUT2D eigenvalue weighted by atomic mass is 9.96. The fraction of sp³-hybridized carbons (Fsp3) is 0.478. The number of nitrogens with zero attached hydrogens (tertiary/aromatic N) is 5. The van der Waals surface area contributed by atoms with Crippen molar-refractivity contribution in [2.24, 2.45) is 0 Å². The Hall–Kier alpha value is -2.78. The molecule has 0 bridgehead atoms. The lowest BCUT2D eigenvalue weighted by Gasteiger charge is -2.14. The second-order valence-corrected chi connectivity index (χ2v) is 9.89. The van der Waals surface area contributed by atoms with Crippen LogP contribution in [-0.2, 0) is 0 Å². The topological polar surface area (TPSA) is 91.2 Å². The number of thiazole rings is 1. The van der Waals surface area contributed by atoms with Crippen LogP contribution < -0.4 is 5.32 Å². The molecule has 1 fully saturated rings. The number of H-pyrrole nitrogens is 1. The van der Waals surface area contributed by atoms with Crippen LogP contribution in [0.5, 0.6) is 0 Å². The van der Waals surface area contributed by atoms with Gasteiger partial charge in [0.15, 0.2) is 10.7 Å². The summed E-state index contributed by atoms with van der Waals surface area (Å²) in [6.07, 6.45) is 6.12. The molecule has 0 aliphatic carbocycles. The quantitative estimate of drug-likeness (QED) is 0.464. The molecule has 5 heterocycles. The minimum absolute atomic E-state index is 0.0916. The summed E-state index contributed by atoms with van der Waals surface area (Å²) < 4.78 is 1.82. The molecule has 5 rings (SSSR count). The van der Waals surface area contributed by atoms with E-state index < -0.39 is 0 Å². The molecule has 168 valence electrons. The molecule has 2 N–H and O–H groups in total. The van der Waals surface area contributed by atoms with Gasteiger partial charge in [0, 0.05) is 30.4 Å². The van der Waals surface area contributed by atoms with E-state index in [0.717, 1.165) is 58.0 Å². The lowest BCUT2D eigenvalue weighted by Crippen LogP contribution is -2.33. The standard InChI is InChI=1S/C23H29N7OS/c1-13(2)17-18(16-11-30-20(25-12-26-30)15(4)14(16)3)27-22-19(17)28-23(32-22)21(31)24-7-10-29-8-5-6-9-29/h11-13,27H,5-10H2,1-4H3,(H,24,31). The fourth-order valence-corrected chi connectivity index (χ4v) is 5.52. The Morgan fingerprint density at radius 1 is 1.25 bits per heavy atom. The molecule has 32 heavy (non-hydrogen) atoms. The number of carbonyl (C=O) groups is 1. The molecule has 0 aromatic carbocycles. The fourth-order valence-electron chi connectivity index (χ4n) is 4.62. The highest BCUT2D eigenvalue weighted by atomic mass is 32.1. The summed E-state index contributed by atoms with van der Waals surface area (Å²) in [6.45, 7) is 12.3. The minimum Gasteiger partial charge on any atom is -0.349 e. The summed E-state index contributed by atoms with van der Waals surface area (Å²) >= 11 is 1.42. The van der Waals surface area contributed by atoms with Crippen molar-refractivity contribution in [1.82, 2.24) is 34.8 Å². The first-order chi connectivity index (χ1) is 15.4. The number of hydrogen-bond donors (Lipinski definition) is 2. The van der Waals surface area contributed by atoms with Crippen LogP contribution in [0.25, 0.3) is 27.3 Å². The van der Waals surface area contributed by atoms with Crippen molar-refractivity contribution in [1.29, 1.82) is 0 Å². The Morgan fingerprint density at radius 2 is 2.03 bits per heavy atom. The van der Waals surface area contributed by atoms with Gasteiger partial charge in [-0.25, -0.2) is 14.5 Å². The smallest absolute Gasteiger partial charge is 0.280 e. The van der Waals surface area contributed by atoms with Gasteiger partial charge in [0.25, 0.3) is 5.91 Å². The summed E-state index contributed by atoms with van der Waals surface area (Å²) in [5, 5.41) is 7.89. The van der Waals surface area contributed by atoms with Crippen LogP contribution in [0, 0.1) is 13.8 Å². The number of likely N-dealkylation sites (tertiary alicyclic amines) is 1. The van der Waals surface area contributed by atoms with Crippen LogP contribution in [-0.4, -0.2) is 61.6 Å². The zero-order valence-corrected chi connectivity index (χ0v) is 19.8. The van der Waals surface area contributed by atoms with E-state index >= 15 is 0 Å². The summed E-state index contributed by atoms with van der Waals surface area (Å²) in [6, 6.07) is 0. The van der Waals surface area contributed by atoms with Gasteiger partial charge >= 0.3 is 0 Å². The van der Waals surface area contributed by atoms with Gasteiger partial charge in [0.1, 0.15) is 16.7 Å². The molecule has 4 aromatic rings. The SMILES string of the molecule is Cc1c(-c2[nH]c3sc(C(=O)NCCN4CCCC4)nc3c2C(C)C)cn2ncnc2c1C. The molecule has 0 saturated carbocycles. The first-order valence-corrected chi connectivity index (χ1v) is 12.1. The van der Waals surface area contributed by atoms with Gasteiger partial charge in [0.05, 0.1) is 5.69 Å². The van der Waals surface area contributed by atoms with E-state index in [1.54, 1.807) is 6.33 Å². The number of rotatable bonds is 6. The van der Waals surface area contributed by atoms with E-state index in [2.05, 4.69) is 53.0 Å². The van der Waals surface area contributed by atoms with E-state index in [1.165, 1.54) is 29.7 Å². The highest BCUT2D eigenvalue weighted by Crippen LogP contribution is 2.39. The molecule has 0 spiro atoms. The van der Waals surface area contributed by atoms with Crippen molar-refractivity contribution >= 4 is 33.2 Å². The van der Waals surface area contributed by atoms with Gasteiger partial charge in [-0.1, -0.05) is 25.2 Å². The molecular formula is C23H29N7OS. The van der Waals surface area contributed by atoms with Crippen LogP contribution in [0.1, 0.15) is 59.1 Å². The number of carbonyl (C=O) groups excluding carboxylic acids is 1. The number of fused-ring (bicyclic) bond motifs is 2. The van der Waals surface area contributed by atoms with Gasteiger partial charge in [-0.05, 0) is 56.8 Å². The van der Waals surface area contributed by atoms with E-state index in [9.17, 15) is 4.79 Å². The van der Waals surface area contributed by atoms with Gasteiger partial charge in [-0.15, -0.1) is 0 Å². The largest absolute Gasteiger partial charge is 0.349 e. The monoisotopic (exact) mass is 451 g/mol. The Morgan fingerprint density at radius 3 is 2.78 bits per heavy atom.